The summed E-state index contributed by atoms with van der Waals surface area (Å²) >= 11 is 0. The predicted octanol–water partition coefficient (Wildman–Crippen LogP) is 2.80. The molecule has 1 amide bonds. The van der Waals surface area contributed by atoms with Crippen LogP contribution in [-0.2, 0) is 4.79 Å². The molecule has 0 bridgehead atoms. The predicted molar refractivity (Wildman–Crippen MR) is 85.1 cm³/mol. The summed E-state index contributed by atoms with van der Waals surface area (Å²) in [6.07, 6.45) is -0.826. The van der Waals surface area contributed by atoms with Crippen LogP contribution in [0.25, 0.3) is 0 Å². The SMILES string of the molecule is COc1ccccc1OC(C)C(=O)Nc1ccccc1C(=O)O. The Morgan fingerprint density at radius 1 is 1.04 bits per heavy atom. The lowest BCUT2D eigenvalue weighted by Gasteiger charge is -2.17. The maximum absolute atomic E-state index is 12.2. The van der Waals surface area contributed by atoms with Crippen LogP contribution in [0.15, 0.2) is 48.5 Å². The number of nitrogens with one attached hydrogen (secondary N) is 1. The van der Waals surface area contributed by atoms with E-state index in [9.17, 15) is 9.59 Å². The summed E-state index contributed by atoms with van der Waals surface area (Å²) in [5.74, 6) is -0.619. The minimum absolute atomic E-state index is 0.0188. The second kappa shape index (κ2) is 7.31. The van der Waals surface area contributed by atoms with Crippen LogP contribution in [0.5, 0.6) is 11.5 Å². The number of rotatable bonds is 6. The lowest BCUT2D eigenvalue weighted by Crippen LogP contribution is -2.30. The molecule has 2 aromatic rings. The molecule has 6 nitrogen and oxygen atoms in total. The highest BCUT2D eigenvalue weighted by Gasteiger charge is 2.19. The molecule has 2 aromatic carbocycles. The number of carbonyl (C=O) groups excluding carboxylic acids is 1. The quantitative estimate of drug-likeness (QED) is 0.856. The van der Waals surface area contributed by atoms with Crippen molar-refractivity contribution < 1.29 is 24.2 Å². The largest absolute Gasteiger partial charge is 0.493 e. The molecule has 0 spiro atoms. The van der Waals surface area contributed by atoms with Crippen LogP contribution >= 0.6 is 0 Å². The van der Waals surface area contributed by atoms with Gasteiger partial charge in [0.15, 0.2) is 17.6 Å². The fourth-order valence-electron chi connectivity index (χ4n) is 1.97. The zero-order valence-corrected chi connectivity index (χ0v) is 12.8. The fraction of sp³-hybridized carbons (Fsp3) is 0.176. The van der Waals surface area contributed by atoms with Gasteiger partial charge in [0.1, 0.15) is 0 Å². The van der Waals surface area contributed by atoms with Crippen molar-refractivity contribution in [2.24, 2.45) is 0 Å². The Kier molecular flexibility index (Phi) is 5.19. The van der Waals surface area contributed by atoms with Gasteiger partial charge >= 0.3 is 5.97 Å². The second-order valence-electron chi connectivity index (χ2n) is 4.75. The summed E-state index contributed by atoms with van der Waals surface area (Å²) in [5, 5.41) is 11.7. The number of anilines is 1. The van der Waals surface area contributed by atoms with Crippen LogP contribution < -0.4 is 14.8 Å². The van der Waals surface area contributed by atoms with E-state index in [0.29, 0.717) is 11.5 Å². The van der Waals surface area contributed by atoms with Crippen LogP contribution in [0.3, 0.4) is 0 Å². The summed E-state index contributed by atoms with van der Waals surface area (Å²) in [5.41, 5.74) is 0.241. The fourth-order valence-corrected chi connectivity index (χ4v) is 1.97. The summed E-state index contributed by atoms with van der Waals surface area (Å²) in [7, 11) is 1.51. The van der Waals surface area contributed by atoms with Gasteiger partial charge in [-0.05, 0) is 31.2 Å². The Bertz CT molecular complexity index is 714. The third-order valence-electron chi connectivity index (χ3n) is 3.16. The van der Waals surface area contributed by atoms with E-state index in [1.165, 1.54) is 19.2 Å². The van der Waals surface area contributed by atoms with E-state index in [-0.39, 0.29) is 11.3 Å². The number of carboxylic acid groups (broad SMARTS) is 1. The van der Waals surface area contributed by atoms with E-state index < -0.39 is 18.0 Å². The van der Waals surface area contributed by atoms with E-state index in [1.54, 1.807) is 43.3 Å². The maximum Gasteiger partial charge on any atom is 0.337 e. The molecular formula is C17H17NO5. The topological polar surface area (TPSA) is 84.9 Å². The van der Waals surface area contributed by atoms with Gasteiger partial charge in [-0.25, -0.2) is 4.79 Å². The van der Waals surface area contributed by atoms with Gasteiger partial charge in [0.2, 0.25) is 0 Å². The third-order valence-corrected chi connectivity index (χ3v) is 3.16. The molecule has 0 saturated carbocycles. The average Bonchev–Trinajstić information content (AvgIpc) is 2.55. The van der Waals surface area contributed by atoms with Gasteiger partial charge in [-0.15, -0.1) is 0 Å². The molecule has 2 rings (SSSR count). The monoisotopic (exact) mass is 315 g/mol. The van der Waals surface area contributed by atoms with Crippen LogP contribution in [-0.4, -0.2) is 30.2 Å². The van der Waals surface area contributed by atoms with Crippen molar-refractivity contribution in [2.45, 2.75) is 13.0 Å². The number of carbonyl (C=O) groups is 2. The van der Waals surface area contributed by atoms with Crippen molar-refractivity contribution in [3.63, 3.8) is 0 Å². The number of benzene rings is 2. The van der Waals surface area contributed by atoms with Gasteiger partial charge in [0, 0.05) is 0 Å². The van der Waals surface area contributed by atoms with Crippen LogP contribution in [0.2, 0.25) is 0 Å². The molecule has 0 aromatic heterocycles. The van der Waals surface area contributed by atoms with Gasteiger partial charge in [-0.3, -0.25) is 4.79 Å². The van der Waals surface area contributed by atoms with Crippen molar-refractivity contribution in [1.29, 1.82) is 0 Å². The highest BCUT2D eigenvalue weighted by Crippen LogP contribution is 2.27. The van der Waals surface area contributed by atoms with Crippen LogP contribution in [0, 0.1) is 0 Å². The standard InChI is InChI=1S/C17H17NO5/c1-11(23-15-10-6-5-9-14(15)22-2)16(19)18-13-8-4-3-7-12(13)17(20)21/h3-11H,1-2H3,(H,18,19)(H,20,21). The molecule has 0 fully saturated rings. The molecule has 0 aliphatic heterocycles. The molecule has 2 N–H and O–H groups in total. The van der Waals surface area contributed by atoms with Gasteiger partial charge in [-0.1, -0.05) is 24.3 Å². The molecule has 1 unspecified atom stereocenters. The minimum atomic E-state index is -1.11. The smallest absolute Gasteiger partial charge is 0.337 e. The molecular weight excluding hydrogens is 298 g/mol. The number of hydrogen-bond donors (Lipinski definition) is 2. The lowest BCUT2D eigenvalue weighted by atomic mass is 10.1. The molecule has 0 aliphatic rings. The molecule has 0 saturated heterocycles. The molecule has 120 valence electrons. The van der Waals surface area contributed by atoms with E-state index >= 15 is 0 Å². The number of carboxylic acids is 1. The number of para-hydroxylation sites is 3. The summed E-state index contributed by atoms with van der Waals surface area (Å²) in [6.45, 7) is 1.57. The van der Waals surface area contributed by atoms with Crippen LogP contribution in [0.4, 0.5) is 5.69 Å². The van der Waals surface area contributed by atoms with E-state index in [1.807, 2.05) is 0 Å². The Morgan fingerprint density at radius 2 is 1.65 bits per heavy atom. The minimum Gasteiger partial charge on any atom is -0.493 e. The summed E-state index contributed by atoms with van der Waals surface area (Å²) in [6, 6.07) is 13.2. The molecule has 23 heavy (non-hydrogen) atoms. The van der Waals surface area contributed by atoms with Crippen molar-refractivity contribution in [1.82, 2.24) is 0 Å². The number of ether oxygens (including phenoxy) is 2. The average molecular weight is 315 g/mol. The Balaban J connectivity index is 2.10. The van der Waals surface area contributed by atoms with Gasteiger partial charge < -0.3 is 19.9 Å². The maximum atomic E-state index is 12.2. The number of methoxy groups -OCH3 is 1. The van der Waals surface area contributed by atoms with Gasteiger partial charge in [0.25, 0.3) is 5.91 Å². The first-order chi connectivity index (χ1) is 11.0. The summed E-state index contributed by atoms with van der Waals surface area (Å²) < 4.78 is 10.7. The first-order valence-corrected chi connectivity index (χ1v) is 6.95. The molecule has 0 aliphatic carbocycles. The zero-order chi connectivity index (χ0) is 16.8. The van der Waals surface area contributed by atoms with E-state index in [2.05, 4.69) is 5.32 Å². The Labute approximate surface area is 133 Å². The molecule has 0 heterocycles. The number of hydrogen-bond acceptors (Lipinski definition) is 4. The first kappa shape index (κ1) is 16.4. The molecule has 6 heteroatoms. The van der Waals surface area contributed by atoms with E-state index in [0.717, 1.165) is 0 Å². The Hall–Kier alpha value is -3.02. The van der Waals surface area contributed by atoms with Gasteiger partial charge in [-0.2, -0.15) is 0 Å². The van der Waals surface area contributed by atoms with Crippen molar-refractivity contribution in [3.05, 3.63) is 54.1 Å². The zero-order valence-electron chi connectivity index (χ0n) is 12.8. The first-order valence-electron chi connectivity index (χ1n) is 6.95. The second-order valence-corrected chi connectivity index (χ2v) is 4.75. The van der Waals surface area contributed by atoms with Gasteiger partial charge in [0.05, 0.1) is 18.4 Å². The normalized spacial score (nSPS) is 11.4. The highest BCUT2D eigenvalue weighted by atomic mass is 16.5. The van der Waals surface area contributed by atoms with Crippen molar-refractivity contribution in [2.75, 3.05) is 12.4 Å². The molecule has 0 radical (unpaired) electrons. The molecule has 1 atom stereocenters. The lowest BCUT2D eigenvalue weighted by molar-refractivity contribution is -0.122. The summed E-state index contributed by atoms with van der Waals surface area (Å²) in [4.78, 5) is 23.4. The highest BCUT2D eigenvalue weighted by molar-refractivity contribution is 6.01. The number of aromatic carboxylic acids is 1. The van der Waals surface area contributed by atoms with E-state index in [4.69, 9.17) is 14.6 Å². The Morgan fingerprint density at radius 3 is 2.30 bits per heavy atom. The van der Waals surface area contributed by atoms with Crippen molar-refractivity contribution >= 4 is 17.6 Å². The number of amides is 1. The van der Waals surface area contributed by atoms with Crippen molar-refractivity contribution in [3.8, 4) is 11.5 Å². The third kappa shape index (κ3) is 4.00. The van der Waals surface area contributed by atoms with Crippen LogP contribution in [0.1, 0.15) is 17.3 Å².